The molecule has 5 heteroatoms. The summed E-state index contributed by atoms with van der Waals surface area (Å²) in [6, 6.07) is 0.704. The molecule has 0 radical (unpaired) electrons. The molecule has 1 aliphatic carbocycles. The Hall–Kier alpha value is -0.650. The Kier molecular flexibility index (Phi) is 4.15. The molecule has 0 unspecified atom stereocenters. The van der Waals surface area contributed by atoms with E-state index in [4.69, 9.17) is 10.8 Å². The highest BCUT2D eigenvalue weighted by Gasteiger charge is 2.24. The van der Waals surface area contributed by atoms with Crippen molar-refractivity contribution < 1.29 is 5.11 Å². The quantitative estimate of drug-likeness (QED) is 0.791. The SMILES string of the molecule is Nc1ncc(CN(CCCO)C2CCC2)s1. The Morgan fingerprint density at radius 3 is 2.88 bits per heavy atom. The molecule has 0 bridgehead atoms. The summed E-state index contributed by atoms with van der Waals surface area (Å²) in [5, 5.41) is 9.55. The highest BCUT2D eigenvalue weighted by molar-refractivity contribution is 7.15. The van der Waals surface area contributed by atoms with Crippen molar-refractivity contribution in [2.45, 2.75) is 38.3 Å². The van der Waals surface area contributed by atoms with Gasteiger partial charge in [-0.25, -0.2) is 4.98 Å². The zero-order valence-corrected chi connectivity index (χ0v) is 10.2. The summed E-state index contributed by atoms with van der Waals surface area (Å²) in [5.74, 6) is 0. The molecule has 0 amide bonds. The van der Waals surface area contributed by atoms with Crippen molar-refractivity contribution in [3.63, 3.8) is 0 Å². The van der Waals surface area contributed by atoms with Crippen LogP contribution in [-0.4, -0.2) is 34.2 Å². The molecular formula is C11H19N3OS. The van der Waals surface area contributed by atoms with E-state index in [1.165, 1.54) is 24.1 Å². The molecule has 1 heterocycles. The molecule has 16 heavy (non-hydrogen) atoms. The average molecular weight is 241 g/mol. The van der Waals surface area contributed by atoms with Crippen LogP contribution in [0.25, 0.3) is 0 Å². The molecule has 0 atom stereocenters. The Labute approximate surface area is 100 Å². The lowest BCUT2D eigenvalue weighted by Crippen LogP contribution is -2.40. The monoisotopic (exact) mass is 241 g/mol. The molecule has 90 valence electrons. The Balaban J connectivity index is 1.90. The van der Waals surface area contributed by atoms with Crippen molar-refractivity contribution in [2.75, 3.05) is 18.9 Å². The lowest BCUT2D eigenvalue weighted by atomic mass is 9.91. The number of hydrogen-bond donors (Lipinski definition) is 2. The molecule has 0 spiro atoms. The maximum absolute atomic E-state index is 8.90. The van der Waals surface area contributed by atoms with Gasteiger partial charge in [0.15, 0.2) is 5.13 Å². The van der Waals surface area contributed by atoms with E-state index < -0.39 is 0 Å². The third-order valence-corrected chi connectivity index (χ3v) is 3.94. The number of nitrogens with zero attached hydrogens (tertiary/aromatic N) is 2. The van der Waals surface area contributed by atoms with Crippen LogP contribution in [0.1, 0.15) is 30.6 Å². The fourth-order valence-electron chi connectivity index (χ4n) is 2.01. The van der Waals surface area contributed by atoms with Gasteiger partial charge in [0.1, 0.15) is 0 Å². The van der Waals surface area contributed by atoms with Crippen LogP contribution >= 0.6 is 11.3 Å². The highest BCUT2D eigenvalue weighted by Crippen LogP contribution is 2.27. The molecule has 0 aliphatic heterocycles. The van der Waals surface area contributed by atoms with Crippen LogP contribution in [0, 0.1) is 0 Å². The second-order valence-electron chi connectivity index (χ2n) is 4.30. The van der Waals surface area contributed by atoms with Gasteiger partial charge in [0, 0.05) is 36.8 Å². The summed E-state index contributed by atoms with van der Waals surface area (Å²) < 4.78 is 0. The van der Waals surface area contributed by atoms with Crippen molar-refractivity contribution in [3.8, 4) is 0 Å². The molecule has 1 aromatic heterocycles. The molecular weight excluding hydrogens is 222 g/mol. The van der Waals surface area contributed by atoms with Gasteiger partial charge in [-0.1, -0.05) is 6.42 Å². The fraction of sp³-hybridized carbons (Fsp3) is 0.727. The van der Waals surface area contributed by atoms with E-state index >= 15 is 0 Å². The molecule has 4 nitrogen and oxygen atoms in total. The molecule has 1 aromatic rings. The van der Waals surface area contributed by atoms with Crippen LogP contribution in [-0.2, 0) is 6.54 Å². The van der Waals surface area contributed by atoms with E-state index in [1.54, 1.807) is 11.3 Å². The van der Waals surface area contributed by atoms with E-state index in [-0.39, 0.29) is 6.61 Å². The summed E-state index contributed by atoms with van der Waals surface area (Å²) in [5.41, 5.74) is 5.63. The van der Waals surface area contributed by atoms with Crippen molar-refractivity contribution in [2.24, 2.45) is 0 Å². The minimum absolute atomic E-state index is 0.272. The minimum atomic E-state index is 0.272. The van der Waals surface area contributed by atoms with Gasteiger partial charge >= 0.3 is 0 Å². The summed E-state index contributed by atoms with van der Waals surface area (Å²) in [6.45, 7) is 2.17. The predicted molar refractivity (Wildman–Crippen MR) is 66.3 cm³/mol. The summed E-state index contributed by atoms with van der Waals surface area (Å²) in [4.78, 5) is 7.75. The van der Waals surface area contributed by atoms with Crippen LogP contribution in [0.3, 0.4) is 0 Å². The maximum Gasteiger partial charge on any atom is 0.180 e. The van der Waals surface area contributed by atoms with Crippen molar-refractivity contribution >= 4 is 16.5 Å². The smallest absolute Gasteiger partial charge is 0.180 e. The topological polar surface area (TPSA) is 62.4 Å². The summed E-state index contributed by atoms with van der Waals surface area (Å²) >= 11 is 1.56. The fourth-order valence-corrected chi connectivity index (χ4v) is 2.72. The van der Waals surface area contributed by atoms with Crippen LogP contribution in [0.2, 0.25) is 0 Å². The van der Waals surface area contributed by atoms with Gasteiger partial charge in [-0.05, 0) is 19.3 Å². The summed E-state index contributed by atoms with van der Waals surface area (Å²) in [6.07, 6.45) is 6.64. The molecule has 0 saturated heterocycles. The van der Waals surface area contributed by atoms with Gasteiger partial charge in [0.05, 0.1) is 0 Å². The van der Waals surface area contributed by atoms with Crippen molar-refractivity contribution in [1.29, 1.82) is 0 Å². The molecule has 2 rings (SSSR count). The lowest BCUT2D eigenvalue weighted by molar-refractivity contribution is 0.110. The molecule has 3 N–H and O–H groups in total. The highest BCUT2D eigenvalue weighted by atomic mass is 32.1. The number of rotatable bonds is 6. The maximum atomic E-state index is 8.90. The number of aromatic nitrogens is 1. The predicted octanol–water partition coefficient (Wildman–Crippen LogP) is 1.46. The van der Waals surface area contributed by atoms with Crippen LogP contribution < -0.4 is 5.73 Å². The second kappa shape index (κ2) is 5.61. The standard InChI is InChI=1S/C11H19N3OS/c12-11-13-7-10(16-11)8-14(5-2-6-15)9-3-1-4-9/h7,9,15H,1-6,8H2,(H2,12,13). The molecule has 1 aliphatic rings. The number of hydrogen-bond acceptors (Lipinski definition) is 5. The first-order valence-corrected chi connectivity index (χ1v) is 6.66. The first-order chi connectivity index (χ1) is 7.79. The van der Waals surface area contributed by atoms with Gasteiger partial charge < -0.3 is 10.8 Å². The number of anilines is 1. The lowest BCUT2D eigenvalue weighted by Gasteiger charge is -2.37. The second-order valence-corrected chi connectivity index (χ2v) is 5.44. The third-order valence-electron chi connectivity index (χ3n) is 3.12. The van der Waals surface area contributed by atoms with Gasteiger partial charge in [0.25, 0.3) is 0 Å². The van der Waals surface area contributed by atoms with E-state index in [2.05, 4.69) is 9.88 Å². The Bertz CT molecular complexity index is 325. The van der Waals surface area contributed by atoms with Crippen LogP contribution in [0.4, 0.5) is 5.13 Å². The number of aliphatic hydroxyl groups is 1. The first-order valence-electron chi connectivity index (χ1n) is 5.84. The number of thiazole rings is 1. The molecule has 1 saturated carbocycles. The van der Waals surface area contributed by atoms with Gasteiger partial charge in [-0.3, -0.25) is 4.90 Å². The minimum Gasteiger partial charge on any atom is -0.396 e. The van der Waals surface area contributed by atoms with Crippen LogP contribution in [0.15, 0.2) is 6.20 Å². The normalized spacial score (nSPS) is 16.6. The number of nitrogen functional groups attached to an aromatic ring is 1. The summed E-state index contributed by atoms with van der Waals surface area (Å²) in [7, 11) is 0. The Morgan fingerprint density at radius 1 is 1.56 bits per heavy atom. The van der Waals surface area contributed by atoms with E-state index in [9.17, 15) is 0 Å². The van der Waals surface area contributed by atoms with E-state index in [1.807, 2.05) is 6.20 Å². The Morgan fingerprint density at radius 2 is 2.38 bits per heavy atom. The first kappa shape index (κ1) is 11.8. The van der Waals surface area contributed by atoms with Crippen molar-refractivity contribution in [3.05, 3.63) is 11.1 Å². The van der Waals surface area contributed by atoms with Gasteiger partial charge in [0.2, 0.25) is 0 Å². The van der Waals surface area contributed by atoms with E-state index in [0.717, 1.165) is 19.5 Å². The van der Waals surface area contributed by atoms with Crippen molar-refractivity contribution in [1.82, 2.24) is 9.88 Å². The zero-order chi connectivity index (χ0) is 11.4. The van der Waals surface area contributed by atoms with Gasteiger partial charge in [-0.2, -0.15) is 0 Å². The largest absolute Gasteiger partial charge is 0.396 e. The average Bonchev–Trinajstić information content (AvgIpc) is 2.58. The van der Waals surface area contributed by atoms with E-state index in [0.29, 0.717) is 11.2 Å². The third kappa shape index (κ3) is 2.93. The molecule has 0 aromatic carbocycles. The zero-order valence-electron chi connectivity index (χ0n) is 9.43. The molecule has 1 fully saturated rings. The van der Waals surface area contributed by atoms with Crippen LogP contribution in [0.5, 0.6) is 0 Å². The number of nitrogens with two attached hydrogens (primary N) is 1. The number of aliphatic hydroxyl groups excluding tert-OH is 1. The van der Waals surface area contributed by atoms with Gasteiger partial charge in [-0.15, -0.1) is 11.3 Å².